The molecule has 0 amide bonds. The van der Waals surface area contributed by atoms with E-state index in [1.165, 1.54) is 6.42 Å². The van der Waals surface area contributed by atoms with Crippen molar-refractivity contribution in [3.8, 4) is 0 Å². The lowest BCUT2D eigenvalue weighted by Crippen LogP contribution is -2.22. The van der Waals surface area contributed by atoms with Gasteiger partial charge in [-0.15, -0.1) is 5.10 Å². The summed E-state index contributed by atoms with van der Waals surface area (Å²) in [5, 5.41) is 11.0. The normalized spacial score (nSPS) is 11.0. The van der Waals surface area contributed by atoms with Gasteiger partial charge in [0.1, 0.15) is 0 Å². The molecule has 1 aromatic heterocycles. The van der Waals surface area contributed by atoms with E-state index in [1.807, 2.05) is 10.9 Å². The van der Waals surface area contributed by atoms with Gasteiger partial charge in [0.25, 0.3) is 0 Å². The molecule has 0 radical (unpaired) electrons. The van der Waals surface area contributed by atoms with Gasteiger partial charge in [0.05, 0.1) is 12.7 Å². The highest BCUT2D eigenvalue weighted by molar-refractivity contribution is 4.64. The number of nitrogens with zero attached hydrogens (tertiary/aromatic N) is 3. The van der Waals surface area contributed by atoms with E-state index in [4.69, 9.17) is 0 Å². The molecule has 0 spiro atoms. The smallest absolute Gasteiger partial charge is 0.0692 e. The van der Waals surface area contributed by atoms with Crippen molar-refractivity contribution in [3.63, 3.8) is 0 Å². The summed E-state index contributed by atoms with van der Waals surface area (Å²) in [6.07, 6.45) is 4.82. The van der Waals surface area contributed by atoms with Gasteiger partial charge in [-0.05, 0) is 18.9 Å². The molecule has 13 heavy (non-hydrogen) atoms. The van der Waals surface area contributed by atoms with Crippen LogP contribution in [0.15, 0.2) is 12.4 Å². The second kappa shape index (κ2) is 5.70. The predicted octanol–water partition coefficient (Wildman–Crippen LogP) is 0.914. The Bertz CT molecular complexity index is 205. The Morgan fingerprint density at radius 1 is 1.38 bits per heavy atom. The summed E-state index contributed by atoms with van der Waals surface area (Å²) in [6, 6.07) is 0. The fraction of sp³-hybridized carbons (Fsp3) is 0.778. The molecule has 0 aliphatic heterocycles. The molecule has 0 unspecified atom stereocenters. The summed E-state index contributed by atoms with van der Waals surface area (Å²) in [5.74, 6) is 0.777. The number of hydrogen-bond acceptors (Lipinski definition) is 3. The summed E-state index contributed by atoms with van der Waals surface area (Å²) in [7, 11) is 0. The van der Waals surface area contributed by atoms with Crippen molar-refractivity contribution >= 4 is 0 Å². The van der Waals surface area contributed by atoms with Crippen LogP contribution in [-0.2, 0) is 6.54 Å². The maximum atomic E-state index is 3.88. The molecular weight excluding hydrogens is 164 g/mol. The fourth-order valence-corrected chi connectivity index (χ4v) is 1.06. The summed E-state index contributed by atoms with van der Waals surface area (Å²) >= 11 is 0. The fourth-order valence-electron chi connectivity index (χ4n) is 1.06. The first-order valence-corrected chi connectivity index (χ1v) is 4.84. The minimum atomic E-state index is 0.777. The van der Waals surface area contributed by atoms with Gasteiger partial charge in [-0.25, -0.2) is 0 Å². The number of rotatable bonds is 6. The van der Waals surface area contributed by atoms with E-state index in [1.54, 1.807) is 6.20 Å². The van der Waals surface area contributed by atoms with Crippen LogP contribution in [0.2, 0.25) is 0 Å². The van der Waals surface area contributed by atoms with Crippen LogP contribution in [0.3, 0.4) is 0 Å². The lowest BCUT2D eigenvalue weighted by Gasteiger charge is -2.06. The Morgan fingerprint density at radius 2 is 2.23 bits per heavy atom. The molecule has 0 aliphatic carbocycles. The molecule has 0 saturated heterocycles. The van der Waals surface area contributed by atoms with Crippen LogP contribution in [0.25, 0.3) is 0 Å². The molecule has 4 nitrogen and oxygen atoms in total. The molecule has 0 aromatic carbocycles. The van der Waals surface area contributed by atoms with Crippen molar-refractivity contribution in [3.05, 3.63) is 12.4 Å². The largest absolute Gasteiger partial charge is 0.315 e. The molecule has 1 heterocycles. The Balaban J connectivity index is 1.96. The van der Waals surface area contributed by atoms with Gasteiger partial charge < -0.3 is 5.32 Å². The highest BCUT2D eigenvalue weighted by Gasteiger charge is 1.93. The molecule has 1 aromatic rings. The standard InChI is InChI=1S/C9H18N4/c1-9(2)3-4-10-5-7-13-8-6-11-12-13/h6,8-10H,3-5,7H2,1-2H3. The Hall–Kier alpha value is -0.900. The highest BCUT2D eigenvalue weighted by atomic mass is 15.4. The van der Waals surface area contributed by atoms with E-state index in [9.17, 15) is 0 Å². The molecule has 0 bridgehead atoms. The van der Waals surface area contributed by atoms with Crippen LogP contribution in [-0.4, -0.2) is 28.1 Å². The second-order valence-corrected chi connectivity index (χ2v) is 3.60. The topological polar surface area (TPSA) is 42.7 Å². The van der Waals surface area contributed by atoms with Gasteiger partial charge in [-0.3, -0.25) is 4.68 Å². The van der Waals surface area contributed by atoms with E-state index < -0.39 is 0 Å². The van der Waals surface area contributed by atoms with Crippen LogP contribution in [0.1, 0.15) is 20.3 Å². The zero-order valence-corrected chi connectivity index (χ0v) is 8.40. The number of hydrogen-bond donors (Lipinski definition) is 1. The molecule has 74 valence electrons. The molecule has 0 fully saturated rings. The third-order valence-electron chi connectivity index (χ3n) is 1.89. The summed E-state index contributed by atoms with van der Waals surface area (Å²) < 4.78 is 1.84. The molecule has 1 rings (SSSR count). The average molecular weight is 182 g/mol. The van der Waals surface area contributed by atoms with Crippen molar-refractivity contribution in [1.82, 2.24) is 20.3 Å². The minimum absolute atomic E-state index is 0.777. The quantitative estimate of drug-likeness (QED) is 0.665. The van der Waals surface area contributed by atoms with Crippen molar-refractivity contribution in [2.24, 2.45) is 5.92 Å². The predicted molar refractivity (Wildman–Crippen MR) is 52.3 cm³/mol. The first kappa shape index (κ1) is 10.2. The van der Waals surface area contributed by atoms with E-state index in [0.29, 0.717) is 0 Å². The lowest BCUT2D eigenvalue weighted by molar-refractivity contribution is 0.500. The van der Waals surface area contributed by atoms with E-state index in [2.05, 4.69) is 29.5 Å². The van der Waals surface area contributed by atoms with Crippen LogP contribution >= 0.6 is 0 Å². The van der Waals surface area contributed by atoms with E-state index >= 15 is 0 Å². The molecular formula is C9H18N4. The first-order chi connectivity index (χ1) is 6.29. The van der Waals surface area contributed by atoms with Crippen molar-refractivity contribution < 1.29 is 0 Å². The molecule has 1 N–H and O–H groups in total. The third-order valence-corrected chi connectivity index (χ3v) is 1.89. The zero-order chi connectivity index (χ0) is 9.52. The molecule has 4 heteroatoms. The van der Waals surface area contributed by atoms with E-state index in [-0.39, 0.29) is 0 Å². The Kier molecular flexibility index (Phi) is 4.46. The van der Waals surface area contributed by atoms with Crippen molar-refractivity contribution in [1.29, 1.82) is 0 Å². The molecule has 0 saturated carbocycles. The van der Waals surface area contributed by atoms with Crippen LogP contribution < -0.4 is 5.32 Å². The van der Waals surface area contributed by atoms with Gasteiger partial charge >= 0.3 is 0 Å². The summed E-state index contributed by atoms with van der Waals surface area (Å²) in [4.78, 5) is 0. The van der Waals surface area contributed by atoms with Crippen LogP contribution in [0.5, 0.6) is 0 Å². The summed E-state index contributed by atoms with van der Waals surface area (Å²) in [5.41, 5.74) is 0. The maximum absolute atomic E-state index is 3.88. The van der Waals surface area contributed by atoms with Gasteiger partial charge in [0.2, 0.25) is 0 Å². The van der Waals surface area contributed by atoms with Gasteiger partial charge in [0.15, 0.2) is 0 Å². The molecule has 0 atom stereocenters. The minimum Gasteiger partial charge on any atom is -0.315 e. The Labute approximate surface area is 79.3 Å². The third kappa shape index (κ3) is 4.62. The number of nitrogens with one attached hydrogen (secondary N) is 1. The molecule has 0 aliphatic rings. The SMILES string of the molecule is CC(C)CCNCCn1ccnn1. The average Bonchev–Trinajstić information content (AvgIpc) is 2.55. The number of aromatic nitrogens is 3. The van der Waals surface area contributed by atoms with Gasteiger partial charge in [0, 0.05) is 12.7 Å². The van der Waals surface area contributed by atoms with Crippen LogP contribution in [0.4, 0.5) is 0 Å². The van der Waals surface area contributed by atoms with Crippen LogP contribution in [0, 0.1) is 5.92 Å². The first-order valence-electron chi connectivity index (χ1n) is 4.84. The maximum Gasteiger partial charge on any atom is 0.0692 e. The highest BCUT2D eigenvalue weighted by Crippen LogP contribution is 1.95. The monoisotopic (exact) mass is 182 g/mol. The zero-order valence-electron chi connectivity index (χ0n) is 8.40. The lowest BCUT2D eigenvalue weighted by atomic mass is 10.1. The van der Waals surface area contributed by atoms with Crippen molar-refractivity contribution in [2.45, 2.75) is 26.8 Å². The summed E-state index contributed by atoms with van der Waals surface area (Å²) in [6.45, 7) is 7.43. The second-order valence-electron chi connectivity index (χ2n) is 3.60. The van der Waals surface area contributed by atoms with Gasteiger partial charge in [-0.1, -0.05) is 19.1 Å². The van der Waals surface area contributed by atoms with Crippen molar-refractivity contribution in [2.75, 3.05) is 13.1 Å². The van der Waals surface area contributed by atoms with E-state index in [0.717, 1.165) is 25.6 Å². The van der Waals surface area contributed by atoms with Gasteiger partial charge in [-0.2, -0.15) is 0 Å². The Morgan fingerprint density at radius 3 is 2.85 bits per heavy atom.